The van der Waals surface area contributed by atoms with Crippen LogP contribution in [0.5, 0.6) is 0 Å². The van der Waals surface area contributed by atoms with Gasteiger partial charge in [0.1, 0.15) is 0 Å². The number of para-hydroxylation sites is 3. The van der Waals surface area contributed by atoms with Crippen molar-refractivity contribution in [3.05, 3.63) is 252 Å². The minimum atomic E-state index is -0.535. The van der Waals surface area contributed by atoms with Crippen LogP contribution in [0.4, 0.5) is 34.1 Å². The number of hydrogen-bond donors (Lipinski definition) is 0. The van der Waals surface area contributed by atoms with E-state index in [4.69, 9.17) is 0 Å². The lowest BCUT2D eigenvalue weighted by Gasteiger charge is -2.33. The van der Waals surface area contributed by atoms with Gasteiger partial charge in [-0.05, 0) is 128 Å². The lowest BCUT2D eigenvalue weighted by molar-refractivity contribution is 0.660. The molecule has 3 aliphatic rings. The summed E-state index contributed by atoms with van der Waals surface area (Å²) in [6, 6.07) is 80.9. The predicted molar refractivity (Wildman–Crippen MR) is 250 cm³/mol. The van der Waals surface area contributed by atoms with E-state index in [1.165, 1.54) is 72.4 Å². The summed E-state index contributed by atoms with van der Waals surface area (Å²) in [5, 5.41) is 0. The van der Waals surface area contributed by atoms with Gasteiger partial charge >= 0.3 is 0 Å². The van der Waals surface area contributed by atoms with Gasteiger partial charge in [0.2, 0.25) is 0 Å². The Morgan fingerprint density at radius 2 is 0.700 bits per heavy atom. The maximum absolute atomic E-state index is 2.50. The van der Waals surface area contributed by atoms with Crippen molar-refractivity contribution in [3.63, 3.8) is 0 Å². The van der Waals surface area contributed by atoms with Crippen molar-refractivity contribution in [2.75, 3.05) is 9.80 Å². The van der Waals surface area contributed by atoms with E-state index in [9.17, 15) is 0 Å². The topological polar surface area (TPSA) is 6.48 Å². The second-order valence-electron chi connectivity index (χ2n) is 16.8. The largest absolute Gasteiger partial charge is 0.310 e. The fourth-order valence-corrected chi connectivity index (χ4v) is 10.9. The Bertz CT molecular complexity index is 3090. The molecule has 0 aromatic heterocycles. The van der Waals surface area contributed by atoms with E-state index < -0.39 is 5.41 Å². The number of nitrogens with zero attached hydrogens (tertiary/aromatic N) is 2. The third-order valence-electron chi connectivity index (χ3n) is 13.4. The number of benzene rings is 9. The number of fused-ring (bicyclic) bond motifs is 13. The van der Waals surface area contributed by atoms with Crippen molar-refractivity contribution in [1.82, 2.24) is 0 Å². The molecule has 0 amide bonds. The molecule has 0 aliphatic heterocycles. The molecule has 0 radical (unpaired) electrons. The highest BCUT2D eigenvalue weighted by molar-refractivity contribution is 6.02. The van der Waals surface area contributed by atoms with Gasteiger partial charge in [0, 0.05) is 39.4 Å². The highest BCUT2D eigenvalue weighted by Gasteiger charge is 2.52. The second-order valence-corrected chi connectivity index (χ2v) is 16.8. The van der Waals surface area contributed by atoms with Crippen LogP contribution in [0.2, 0.25) is 0 Å². The Morgan fingerprint density at radius 3 is 1.32 bits per heavy atom. The van der Waals surface area contributed by atoms with Gasteiger partial charge < -0.3 is 9.80 Å². The van der Waals surface area contributed by atoms with E-state index in [-0.39, 0.29) is 5.41 Å². The normalized spacial score (nSPS) is 15.7. The van der Waals surface area contributed by atoms with E-state index in [0.717, 1.165) is 28.4 Å². The van der Waals surface area contributed by atoms with E-state index in [1.54, 1.807) is 0 Å². The van der Waals surface area contributed by atoms with Crippen molar-refractivity contribution in [3.8, 4) is 33.4 Å². The first kappa shape index (κ1) is 34.6. The fourth-order valence-electron chi connectivity index (χ4n) is 10.9. The van der Waals surface area contributed by atoms with Gasteiger partial charge in [-0.2, -0.15) is 0 Å². The standard InChI is InChI=1S/C58H42N2/c1-57(2)49-28-15-12-25-44(49)46-35-34-43(37-53(46)57)60(41-23-10-5-11-24-41)55-32-18-31-52-56(55)48-27-14-17-30-51(48)58(52)50-29-16-13-26-45(50)47-36-33-42(38-54(47)58)59(39-19-6-3-7-20-39)40-21-8-4-9-22-40/h3-38H,1-2H3/t58-/m0/s1. The summed E-state index contributed by atoms with van der Waals surface area (Å²) >= 11 is 0. The quantitative estimate of drug-likeness (QED) is 0.166. The molecule has 3 aliphatic carbocycles. The van der Waals surface area contributed by atoms with Crippen molar-refractivity contribution < 1.29 is 0 Å². The van der Waals surface area contributed by atoms with E-state index in [2.05, 4.69) is 242 Å². The molecule has 0 fully saturated rings. The van der Waals surface area contributed by atoms with Crippen LogP contribution >= 0.6 is 0 Å². The lowest BCUT2D eigenvalue weighted by atomic mass is 9.70. The average Bonchev–Trinajstić information content (AvgIpc) is 3.86. The highest BCUT2D eigenvalue weighted by atomic mass is 15.2. The third kappa shape index (κ3) is 4.76. The summed E-state index contributed by atoms with van der Waals surface area (Å²) in [4.78, 5) is 4.89. The summed E-state index contributed by atoms with van der Waals surface area (Å²) < 4.78 is 0. The second kappa shape index (κ2) is 13.0. The molecular formula is C58H42N2. The van der Waals surface area contributed by atoms with Crippen molar-refractivity contribution in [1.29, 1.82) is 0 Å². The molecule has 9 aromatic rings. The van der Waals surface area contributed by atoms with Crippen LogP contribution in [0.1, 0.15) is 47.2 Å². The smallest absolute Gasteiger partial charge is 0.0727 e. The van der Waals surface area contributed by atoms with Gasteiger partial charge in [-0.15, -0.1) is 0 Å². The van der Waals surface area contributed by atoms with E-state index >= 15 is 0 Å². The first-order valence-corrected chi connectivity index (χ1v) is 21.0. The monoisotopic (exact) mass is 766 g/mol. The molecule has 284 valence electrons. The van der Waals surface area contributed by atoms with Gasteiger partial charge in [-0.25, -0.2) is 0 Å². The molecule has 2 nitrogen and oxygen atoms in total. The molecule has 9 aromatic carbocycles. The molecule has 1 spiro atoms. The minimum Gasteiger partial charge on any atom is -0.310 e. The zero-order valence-electron chi connectivity index (χ0n) is 33.7. The summed E-state index contributed by atoms with van der Waals surface area (Å²) in [6.45, 7) is 4.74. The lowest BCUT2D eigenvalue weighted by Crippen LogP contribution is -2.26. The zero-order chi connectivity index (χ0) is 40.0. The highest BCUT2D eigenvalue weighted by Crippen LogP contribution is 2.65. The molecule has 0 saturated heterocycles. The molecule has 60 heavy (non-hydrogen) atoms. The number of hydrogen-bond acceptors (Lipinski definition) is 2. The van der Waals surface area contributed by atoms with Gasteiger partial charge in [-0.1, -0.05) is 166 Å². The summed E-state index contributed by atoms with van der Waals surface area (Å²) in [7, 11) is 0. The van der Waals surface area contributed by atoms with Gasteiger partial charge in [0.25, 0.3) is 0 Å². The van der Waals surface area contributed by atoms with Crippen LogP contribution in [0.25, 0.3) is 33.4 Å². The Kier molecular flexibility index (Phi) is 7.52. The third-order valence-corrected chi connectivity index (χ3v) is 13.4. The van der Waals surface area contributed by atoms with Gasteiger partial charge in [0.15, 0.2) is 0 Å². The molecule has 0 N–H and O–H groups in total. The van der Waals surface area contributed by atoms with Gasteiger partial charge in [-0.3, -0.25) is 0 Å². The summed E-state index contributed by atoms with van der Waals surface area (Å²) in [5.41, 5.74) is 22.0. The zero-order valence-corrected chi connectivity index (χ0v) is 33.7. The van der Waals surface area contributed by atoms with Crippen LogP contribution in [0.3, 0.4) is 0 Å². The molecule has 0 bridgehead atoms. The molecule has 0 saturated carbocycles. The van der Waals surface area contributed by atoms with Crippen LogP contribution in [0, 0.1) is 0 Å². The first-order chi connectivity index (χ1) is 29.5. The Labute approximate surface area is 352 Å². The molecular weight excluding hydrogens is 725 g/mol. The summed E-state index contributed by atoms with van der Waals surface area (Å²) in [5.74, 6) is 0. The fraction of sp³-hybridized carbons (Fsp3) is 0.0690. The van der Waals surface area contributed by atoms with Crippen LogP contribution in [0.15, 0.2) is 218 Å². The van der Waals surface area contributed by atoms with Crippen LogP contribution in [-0.4, -0.2) is 0 Å². The first-order valence-electron chi connectivity index (χ1n) is 21.0. The van der Waals surface area contributed by atoms with E-state index in [1.807, 2.05) is 0 Å². The van der Waals surface area contributed by atoms with Crippen molar-refractivity contribution in [2.24, 2.45) is 0 Å². The van der Waals surface area contributed by atoms with Gasteiger partial charge in [0.05, 0.1) is 11.1 Å². The Hall–Kier alpha value is -7.42. The molecule has 2 heteroatoms. The maximum Gasteiger partial charge on any atom is 0.0727 e. The molecule has 0 unspecified atom stereocenters. The number of anilines is 6. The van der Waals surface area contributed by atoms with E-state index in [0.29, 0.717) is 0 Å². The van der Waals surface area contributed by atoms with Crippen LogP contribution < -0.4 is 9.80 Å². The Balaban J connectivity index is 1.12. The average molecular weight is 767 g/mol. The van der Waals surface area contributed by atoms with Crippen molar-refractivity contribution in [2.45, 2.75) is 24.7 Å². The summed E-state index contributed by atoms with van der Waals surface area (Å²) in [6.07, 6.45) is 0. The Morgan fingerprint density at radius 1 is 0.283 bits per heavy atom. The SMILES string of the molecule is CC1(C)c2ccccc2-c2ccc(N(c3ccccc3)c3cccc4c3-c3ccccc3[C@@]43c4ccccc4-c4ccc(N(c5ccccc5)c5ccccc5)cc43)cc21. The predicted octanol–water partition coefficient (Wildman–Crippen LogP) is 15.3. The van der Waals surface area contributed by atoms with Crippen molar-refractivity contribution >= 4 is 34.1 Å². The van der Waals surface area contributed by atoms with Crippen LogP contribution in [-0.2, 0) is 10.8 Å². The molecule has 0 heterocycles. The maximum atomic E-state index is 2.50. The minimum absolute atomic E-state index is 0.123. The molecule has 12 rings (SSSR count). The number of rotatable bonds is 6. The molecule has 1 atom stereocenters.